The Morgan fingerprint density at radius 1 is 1.14 bits per heavy atom. The number of hydrogen-bond acceptors (Lipinski definition) is 3. The molecule has 3 heteroatoms. The topological polar surface area (TPSA) is 43.4 Å². The van der Waals surface area contributed by atoms with Crippen molar-refractivity contribution in [3.63, 3.8) is 0 Å². The largest absolute Gasteiger partial charge is 0.466 e. The molecule has 0 bridgehead atoms. The predicted molar refractivity (Wildman–Crippen MR) is 54.9 cm³/mol. The molecule has 0 heterocycles. The lowest BCUT2D eigenvalue weighted by Crippen LogP contribution is -2.02. The smallest absolute Gasteiger partial charge is 0.306 e. The van der Waals surface area contributed by atoms with Gasteiger partial charge in [-0.25, -0.2) is 0 Å². The summed E-state index contributed by atoms with van der Waals surface area (Å²) < 4.78 is 4.76. The van der Waals surface area contributed by atoms with Gasteiger partial charge in [0.05, 0.1) is 6.61 Å². The van der Waals surface area contributed by atoms with Gasteiger partial charge in [-0.15, -0.1) is 0 Å². The summed E-state index contributed by atoms with van der Waals surface area (Å²) in [5.41, 5.74) is 0. The summed E-state index contributed by atoms with van der Waals surface area (Å²) in [7, 11) is 0. The van der Waals surface area contributed by atoms with Gasteiger partial charge >= 0.3 is 5.97 Å². The van der Waals surface area contributed by atoms with Crippen LogP contribution in [0.25, 0.3) is 0 Å². The summed E-state index contributed by atoms with van der Waals surface area (Å²) >= 11 is 0. The fraction of sp³-hybridized carbons (Fsp3) is 0.636. The van der Waals surface area contributed by atoms with E-state index in [4.69, 9.17) is 4.74 Å². The minimum Gasteiger partial charge on any atom is -0.466 e. The Labute approximate surface area is 85.1 Å². The highest BCUT2D eigenvalue weighted by atomic mass is 16.5. The van der Waals surface area contributed by atoms with Gasteiger partial charge in [-0.3, -0.25) is 4.79 Å². The molecule has 3 nitrogen and oxygen atoms in total. The van der Waals surface area contributed by atoms with Crippen LogP contribution in [-0.4, -0.2) is 18.4 Å². The molecule has 0 spiro atoms. The lowest BCUT2D eigenvalue weighted by Gasteiger charge is -1.97. The first-order valence-corrected chi connectivity index (χ1v) is 4.97. The lowest BCUT2D eigenvalue weighted by atomic mass is 10.2. The van der Waals surface area contributed by atoms with Crippen LogP contribution < -0.4 is 0 Å². The minimum absolute atomic E-state index is 0.163. The van der Waals surface area contributed by atoms with Crippen LogP contribution >= 0.6 is 0 Å². The first kappa shape index (κ1) is 12.9. The molecule has 0 aromatic carbocycles. The molecular weight excluding hydrogens is 180 g/mol. The summed E-state index contributed by atoms with van der Waals surface area (Å²) in [4.78, 5) is 21.4. The molecule has 0 rings (SSSR count). The highest BCUT2D eigenvalue weighted by molar-refractivity contribution is 5.75. The number of rotatable bonds is 7. The normalized spacial score (nSPS) is 10.4. The third-order valence-electron chi connectivity index (χ3n) is 1.65. The molecule has 0 aromatic heterocycles. The number of ketones is 1. The van der Waals surface area contributed by atoms with Crippen molar-refractivity contribution in [2.45, 2.75) is 39.5 Å². The fourth-order valence-electron chi connectivity index (χ4n) is 0.957. The van der Waals surface area contributed by atoms with Crippen molar-refractivity contribution in [3.8, 4) is 0 Å². The maximum atomic E-state index is 10.9. The monoisotopic (exact) mass is 198 g/mol. The highest BCUT2D eigenvalue weighted by Gasteiger charge is 1.97. The number of hydrogen-bond donors (Lipinski definition) is 0. The first-order valence-electron chi connectivity index (χ1n) is 4.97. The summed E-state index contributed by atoms with van der Waals surface area (Å²) in [5.74, 6) is 0.0313. The summed E-state index contributed by atoms with van der Waals surface area (Å²) in [6.45, 7) is 3.81. The molecule has 0 unspecified atom stereocenters. The van der Waals surface area contributed by atoms with Crippen LogP contribution in [0, 0.1) is 0 Å². The molecule has 0 atom stereocenters. The van der Waals surface area contributed by atoms with Crippen LogP contribution in [0.3, 0.4) is 0 Å². The van der Waals surface area contributed by atoms with Gasteiger partial charge in [0.15, 0.2) is 0 Å². The molecule has 0 aliphatic carbocycles. The molecule has 0 saturated heterocycles. The lowest BCUT2D eigenvalue weighted by molar-refractivity contribution is -0.143. The molecule has 0 aromatic rings. The van der Waals surface area contributed by atoms with E-state index in [9.17, 15) is 9.59 Å². The van der Waals surface area contributed by atoms with Crippen molar-refractivity contribution in [1.29, 1.82) is 0 Å². The molecule has 0 aliphatic rings. The van der Waals surface area contributed by atoms with Crippen molar-refractivity contribution in [2.75, 3.05) is 6.61 Å². The van der Waals surface area contributed by atoms with Gasteiger partial charge in [-0.2, -0.15) is 0 Å². The number of allylic oxidation sites excluding steroid dienone is 2. The van der Waals surface area contributed by atoms with Gasteiger partial charge in [0.2, 0.25) is 0 Å². The van der Waals surface area contributed by atoms with Crippen LogP contribution in [0.5, 0.6) is 0 Å². The molecule has 0 radical (unpaired) electrons. The average molecular weight is 198 g/mol. The Hall–Kier alpha value is -1.12. The second kappa shape index (κ2) is 8.48. The van der Waals surface area contributed by atoms with Crippen molar-refractivity contribution >= 4 is 11.8 Å². The summed E-state index contributed by atoms with van der Waals surface area (Å²) in [6.07, 6.45) is 6.30. The van der Waals surface area contributed by atoms with Crippen molar-refractivity contribution < 1.29 is 14.3 Å². The van der Waals surface area contributed by atoms with E-state index in [0.717, 1.165) is 6.42 Å². The van der Waals surface area contributed by atoms with Gasteiger partial charge in [-0.05, 0) is 26.7 Å². The number of carbonyl (C=O) groups excluding carboxylic acids is 2. The Morgan fingerprint density at radius 3 is 2.21 bits per heavy atom. The number of ether oxygens (including phenoxy) is 1. The maximum Gasteiger partial charge on any atom is 0.306 e. The zero-order chi connectivity index (χ0) is 10.8. The maximum absolute atomic E-state index is 10.9. The highest BCUT2D eigenvalue weighted by Crippen LogP contribution is 1.97. The Kier molecular flexibility index (Phi) is 7.80. The van der Waals surface area contributed by atoms with E-state index in [2.05, 4.69) is 0 Å². The van der Waals surface area contributed by atoms with Gasteiger partial charge in [0.1, 0.15) is 5.78 Å². The SMILES string of the molecule is CCOC(=O)CC/C=C/CCC(C)=O. The molecule has 0 saturated carbocycles. The Balaban J connectivity index is 3.35. The van der Waals surface area contributed by atoms with E-state index in [0.29, 0.717) is 25.9 Å². The zero-order valence-corrected chi connectivity index (χ0v) is 8.91. The number of carbonyl (C=O) groups is 2. The van der Waals surface area contributed by atoms with Crippen molar-refractivity contribution in [2.24, 2.45) is 0 Å². The third kappa shape index (κ3) is 8.97. The van der Waals surface area contributed by atoms with Crippen molar-refractivity contribution in [1.82, 2.24) is 0 Å². The standard InChI is InChI=1S/C11H18O3/c1-3-14-11(13)9-7-5-4-6-8-10(2)12/h4-5H,3,6-9H2,1-2H3/b5-4+. The molecule has 0 fully saturated rings. The van der Waals surface area contributed by atoms with E-state index < -0.39 is 0 Å². The van der Waals surface area contributed by atoms with Crippen LogP contribution in [0.15, 0.2) is 12.2 Å². The van der Waals surface area contributed by atoms with Crippen LogP contribution in [0.4, 0.5) is 0 Å². The summed E-state index contributed by atoms with van der Waals surface area (Å²) in [5, 5.41) is 0. The molecule has 14 heavy (non-hydrogen) atoms. The second-order valence-corrected chi connectivity index (χ2v) is 3.06. The van der Waals surface area contributed by atoms with Crippen molar-refractivity contribution in [3.05, 3.63) is 12.2 Å². The van der Waals surface area contributed by atoms with Crippen LogP contribution in [-0.2, 0) is 14.3 Å². The minimum atomic E-state index is -0.163. The first-order chi connectivity index (χ1) is 6.66. The van der Waals surface area contributed by atoms with E-state index in [1.54, 1.807) is 13.8 Å². The summed E-state index contributed by atoms with van der Waals surface area (Å²) in [6, 6.07) is 0. The third-order valence-corrected chi connectivity index (χ3v) is 1.65. The quantitative estimate of drug-likeness (QED) is 0.465. The van der Waals surface area contributed by atoms with Gasteiger partial charge in [0.25, 0.3) is 0 Å². The van der Waals surface area contributed by atoms with Gasteiger partial charge in [0, 0.05) is 12.8 Å². The zero-order valence-electron chi connectivity index (χ0n) is 8.91. The van der Waals surface area contributed by atoms with Crippen LogP contribution in [0.2, 0.25) is 0 Å². The Bertz CT molecular complexity index is 207. The van der Waals surface area contributed by atoms with E-state index >= 15 is 0 Å². The van der Waals surface area contributed by atoms with E-state index in [1.165, 1.54) is 0 Å². The predicted octanol–water partition coefficient (Wildman–Crippen LogP) is 2.26. The molecule has 80 valence electrons. The number of Topliss-reactive ketones (excluding diaryl/α,β-unsaturated/α-hetero) is 1. The van der Waals surface area contributed by atoms with E-state index in [-0.39, 0.29) is 11.8 Å². The molecule has 0 aliphatic heterocycles. The van der Waals surface area contributed by atoms with Crippen LogP contribution in [0.1, 0.15) is 39.5 Å². The van der Waals surface area contributed by atoms with Gasteiger partial charge in [-0.1, -0.05) is 12.2 Å². The van der Waals surface area contributed by atoms with Gasteiger partial charge < -0.3 is 9.53 Å². The molecule has 0 N–H and O–H groups in total. The average Bonchev–Trinajstić information content (AvgIpc) is 2.11. The van der Waals surface area contributed by atoms with E-state index in [1.807, 2.05) is 12.2 Å². The number of esters is 1. The molecule has 0 amide bonds. The Morgan fingerprint density at radius 2 is 1.71 bits per heavy atom. The molecular formula is C11H18O3. The fourth-order valence-corrected chi connectivity index (χ4v) is 0.957. The second-order valence-electron chi connectivity index (χ2n) is 3.06.